The summed E-state index contributed by atoms with van der Waals surface area (Å²) in [5.41, 5.74) is 12.1. The van der Waals surface area contributed by atoms with Crippen LogP contribution in [0.15, 0.2) is 42.5 Å². The third kappa shape index (κ3) is 1.45. The minimum atomic E-state index is 0.324. The molecule has 0 radical (unpaired) electrons. The molecule has 1 aliphatic carbocycles. The molecule has 0 bridgehead atoms. The first-order chi connectivity index (χ1) is 8.18. The van der Waals surface area contributed by atoms with Crippen molar-refractivity contribution in [1.29, 1.82) is 0 Å². The lowest BCUT2D eigenvalue weighted by atomic mass is 10.0. The van der Waals surface area contributed by atoms with Gasteiger partial charge in [-0.25, -0.2) is 0 Å². The third-order valence-electron chi connectivity index (χ3n) is 3.43. The molecule has 0 spiro atoms. The third-order valence-corrected chi connectivity index (χ3v) is 3.43. The second-order valence-electron chi connectivity index (χ2n) is 4.80. The van der Waals surface area contributed by atoms with Gasteiger partial charge in [-0.05, 0) is 48.5 Å². The molecule has 0 fully saturated rings. The van der Waals surface area contributed by atoms with E-state index in [2.05, 4.69) is 55.4 Å². The molecule has 2 nitrogen and oxygen atoms in total. The molecule has 0 amide bonds. The molecular weight excluding hydrogens is 208 g/mol. The summed E-state index contributed by atoms with van der Waals surface area (Å²) in [6.45, 7) is 0. The van der Waals surface area contributed by atoms with Gasteiger partial charge >= 0.3 is 0 Å². The van der Waals surface area contributed by atoms with Gasteiger partial charge in [-0.1, -0.05) is 30.3 Å². The Morgan fingerprint density at radius 1 is 0.941 bits per heavy atom. The summed E-state index contributed by atoms with van der Waals surface area (Å²) in [6, 6.07) is 15.1. The predicted molar refractivity (Wildman–Crippen MR) is 71.8 cm³/mol. The van der Waals surface area contributed by atoms with Crippen LogP contribution in [-0.4, -0.2) is 19.0 Å². The van der Waals surface area contributed by atoms with Crippen molar-refractivity contribution in [3.05, 3.63) is 53.6 Å². The Morgan fingerprint density at radius 3 is 2.41 bits per heavy atom. The Balaban J connectivity index is 2.29. The SMILES string of the molecule is CN(C)[C@@H]1c2ccccc2-c2ccc(N)cc21. The van der Waals surface area contributed by atoms with Gasteiger partial charge in [0.25, 0.3) is 0 Å². The van der Waals surface area contributed by atoms with E-state index in [-0.39, 0.29) is 0 Å². The van der Waals surface area contributed by atoms with Gasteiger partial charge in [0.15, 0.2) is 0 Å². The molecule has 0 heterocycles. The maximum absolute atomic E-state index is 5.91. The van der Waals surface area contributed by atoms with Gasteiger partial charge in [-0.15, -0.1) is 0 Å². The molecule has 0 unspecified atom stereocenters. The summed E-state index contributed by atoms with van der Waals surface area (Å²) in [7, 11) is 4.22. The molecule has 2 aromatic carbocycles. The summed E-state index contributed by atoms with van der Waals surface area (Å²) in [6.07, 6.45) is 0. The van der Waals surface area contributed by atoms with E-state index >= 15 is 0 Å². The van der Waals surface area contributed by atoms with Crippen LogP contribution in [0.2, 0.25) is 0 Å². The molecule has 0 saturated carbocycles. The van der Waals surface area contributed by atoms with Gasteiger partial charge in [0.2, 0.25) is 0 Å². The molecule has 0 aliphatic heterocycles. The van der Waals surface area contributed by atoms with Crippen LogP contribution in [0.5, 0.6) is 0 Å². The number of hydrogen-bond acceptors (Lipinski definition) is 2. The monoisotopic (exact) mass is 224 g/mol. The van der Waals surface area contributed by atoms with Gasteiger partial charge in [0.05, 0.1) is 6.04 Å². The Bertz CT molecular complexity index is 573. The largest absolute Gasteiger partial charge is 0.399 e. The molecule has 2 N–H and O–H groups in total. The lowest BCUT2D eigenvalue weighted by Gasteiger charge is -2.21. The fraction of sp³-hybridized carbons (Fsp3) is 0.200. The van der Waals surface area contributed by atoms with Crippen molar-refractivity contribution >= 4 is 5.69 Å². The number of hydrogen-bond donors (Lipinski definition) is 1. The van der Waals surface area contributed by atoms with E-state index in [0.29, 0.717) is 6.04 Å². The Labute approximate surface area is 102 Å². The van der Waals surface area contributed by atoms with Crippen molar-refractivity contribution in [2.45, 2.75) is 6.04 Å². The van der Waals surface area contributed by atoms with Crippen molar-refractivity contribution in [1.82, 2.24) is 4.90 Å². The number of rotatable bonds is 1. The van der Waals surface area contributed by atoms with E-state index in [9.17, 15) is 0 Å². The van der Waals surface area contributed by atoms with Crippen LogP contribution < -0.4 is 5.73 Å². The van der Waals surface area contributed by atoms with Crippen LogP contribution >= 0.6 is 0 Å². The number of nitrogen functional groups attached to an aromatic ring is 1. The Hall–Kier alpha value is -1.80. The van der Waals surface area contributed by atoms with E-state index in [0.717, 1.165) is 5.69 Å². The van der Waals surface area contributed by atoms with Gasteiger partial charge in [-0.2, -0.15) is 0 Å². The van der Waals surface area contributed by atoms with Crippen LogP contribution in [0.1, 0.15) is 17.2 Å². The highest BCUT2D eigenvalue weighted by Crippen LogP contribution is 2.45. The lowest BCUT2D eigenvalue weighted by Crippen LogP contribution is -2.18. The van der Waals surface area contributed by atoms with Crippen LogP contribution in [0.3, 0.4) is 0 Å². The minimum absolute atomic E-state index is 0.324. The van der Waals surface area contributed by atoms with Crippen molar-refractivity contribution < 1.29 is 0 Å². The van der Waals surface area contributed by atoms with Crippen LogP contribution in [0.4, 0.5) is 5.69 Å². The quantitative estimate of drug-likeness (QED) is 0.755. The van der Waals surface area contributed by atoms with E-state index in [4.69, 9.17) is 5.73 Å². The van der Waals surface area contributed by atoms with Crippen LogP contribution in [0, 0.1) is 0 Å². The smallest absolute Gasteiger partial charge is 0.0609 e. The summed E-state index contributed by atoms with van der Waals surface area (Å²) in [5, 5.41) is 0. The van der Waals surface area contributed by atoms with Gasteiger partial charge in [0, 0.05) is 5.69 Å². The van der Waals surface area contributed by atoms with Gasteiger partial charge in [-0.3, -0.25) is 4.90 Å². The van der Waals surface area contributed by atoms with Crippen molar-refractivity contribution in [3.8, 4) is 11.1 Å². The molecule has 3 rings (SSSR count). The normalized spacial score (nSPS) is 17.0. The Morgan fingerprint density at radius 2 is 1.65 bits per heavy atom. The predicted octanol–water partition coefficient (Wildman–Crippen LogP) is 2.90. The summed E-state index contributed by atoms with van der Waals surface area (Å²) in [5.74, 6) is 0. The average Bonchev–Trinajstić information content (AvgIpc) is 2.62. The fourth-order valence-corrected chi connectivity index (χ4v) is 2.76. The molecule has 86 valence electrons. The van der Waals surface area contributed by atoms with Crippen LogP contribution in [0.25, 0.3) is 11.1 Å². The number of fused-ring (bicyclic) bond motifs is 3. The van der Waals surface area contributed by atoms with Crippen molar-refractivity contribution in [2.75, 3.05) is 19.8 Å². The summed E-state index contributed by atoms with van der Waals surface area (Å²) in [4.78, 5) is 2.24. The Kier molecular flexibility index (Phi) is 2.20. The second-order valence-corrected chi connectivity index (χ2v) is 4.80. The van der Waals surface area contributed by atoms with Gasteiger partial charge in [0.1, 0.15) is 0 Å². The zero-order valence-electron chi connectivity index (χ0n) is 10.1. The fourth-order valence-electron chi connectivity index (χ4n) is 2.76. The molecule has 0 saturated heterocycles. The standard InChI is InChI=1S/C15H16N2/c1-17(2)15-13-6-4-3-5-11(13)12-8-7-10(16)9-14(12)15/h3-9,15H,16H2,1-2H3/t15-/m1/s1. The number of benzene rings is 2. The first-order valence-electron chi connectivity index (χ1n) is 5.83. The molecule has 0 aromatic heterocycles. The topological polar surface area (TPSA) is 29.3 Å². The first kappa shape index (κ1) is 10.4. The maximum Gasteiger partial charge on any atom is 0.0609 e. The highest BCUT2D eigenvalue weighted by molar-refractivity contribution is 5.80. The zero-order valence-corrected chi connectivity index (χ0v) is 10.1. The molecule has 2 heteroatoms. The van der Waals surface area contributed by atoms with Gasteiger partial charge < -0.3 is 5.73 Å². The highest BCUT2D eigenvalue weighted by Gasteiger charge is 2.29. The second kappa shape index (κ2) is 3.60. The maximum atomic E-state index is 5.91. The zero-order chi connectivity index (χ0) is 12.0. The first-order valence-corrected chi connectivity index (χ1v) is 5.83. The summed E-state index contributed by atoms with van der Waals surface area (Å²) < 4.78 is 0. The van der Waals surface area contributed by atoms with E-state index < -0.39 is 0 Å². The number of nitrogens with zero attached hydrogens (tertiary/aromatic N) is 1. The minimum Gasteiger partial charge on any atom is -0.399 e. The molecule has 17 heavy (non-hydrogen) atoms. The van der Waals surface area contributed by atoms with E-state index in [1.165, 1.54) is 22.3 Å². The summed E-state index contributed by atoms with van der Waals surface area (Å²) >= 11 is 0. The number of anilines is 1. The van der Waals surface area contributed by atoms with Crippen molar-refractivity contribution in [2.24, 2.45) is 0 Å². The molecular formula is C15H16N2. The highest BCUT2D eigenvalue weighted by atomic mass is 15.1. The lowest BCUT2D eigenvalue weighted by molar-refractivity contribution is 0.348. The van der Waals surface area contributed by atoms with E-state index in [1.54, 1.807) is 0 Å². The van der Waals surface area contributed by atoms with E-state index in [1.807, 2.05) is 6.07 Å². The van der Waals surface area contributed by atoms with Crippen LogP contribution in [-0.2, 0) is 0 Å². The molecule has 2 aromatic rings. The average molecular weight is 224 g/mol. The molecule has 1 atom stereocenters. The van der Waals surface area contributed by atoms with Crippen molar-refractivity contribution in [3.63, 3.8) is 0 Å². The molecule has 1 aliphatic rings. The number of nitrogens with two attached hydrogens (primary N) is 1.